The molecule has 0 saturated heterocycles. The van der Waals surface area contributed by atoms with Crippen molar-refractivity contribution in [3.63, 3.8) is 0 Å². The van der Waals surface area contributed by atoms with Gasteiger partial charge in [0.05, 0.1) is 11.4 Å². The van der Waals surface area contributed by atoms with Crippen LogP contribution >= 0.6 is 0 Å². The van der Waals surface area contributed by atoms with Crippen LogP contribution in [0.15, 0.2) is 211 Å². The molecule has 0 amide bonds. The number of furan rings is 1. The SMILES string of the molecule is c1ccc(-c2nc(-c3ccccc3)nc(-c3ccc4c(c3)oc3ccc(-c5ccc(N(c6cccc7ccccc67)c6cccc7ccccc67)cc5)cc34)n2)cc1. The van der Waals surface area contributed by atoms with Crippen molar-refractivity contribution in [1.82, 2.24) is 15.0 Å². The Balaban J connectivity index is 0.974. The van der Waals surface area contributed by atoms with Gasteiger partial charge in [0.25, 0.3) is 0 Å². The summed E-state index contributed by atoms with van der Waals surface area (Å²) in [7, 11) is 0. The molecule has 5 heteroatoms. The minimum atomic E-state index is 0.594. The Labute approximate surface area is 335 Å². The molecule has 58 heavy (non-hydrogen) atoms. The van der Waals surface area contributed by atoms with Crippen LogP contribution in [0, 0.1) is 0 Å². The first-order valence-corrected chi connectivity index (χ1v) is 19.4. The summed E-state index contributed by atoms with van der Waals surface area (Å²) in [6, 6.07) is 71.9. The molecule has 0 aliphatic heterocycles. The second-order valence-corrected chi connectivity index (χ2v) is 14.4. The van der Waals surface area contributed by atoms with E-state index >= 15 is 0 Å². The smallest absolute Gasteiger partial charge is 0.164 e. The van der Waals surface area contributed by atoms with Crippen molar-refractivity contribution in [3.05, 3.63) is 206 Å². The average Bonchev–Trinajstić information content (AvgIpc) is 3.67. The lowest BCUT2D eigenvalue weighted by Crippen LogP contribution is -2.11. The molecular formula is C53H34N4O. The lowest BCUT2D eigenvalue weighted by atomic mass is 10.0. The highest BCUT2D eigenvalue weighted by Gasteiger charge is 2.19. The molecule has 0 fully saturated rings. The summed E-state index contributed by atoms with van der Waals surface area (Å²) in [5, 5.41) is 6.91. The second kappa shape index (κ2) is 14.0. The first-order chi connectivity index (χ1) is 28.7. The van der Waals surface area contributed by atoms with Gasteiger partial charge in [0, 0.05) is 43.9 Å². The molecular weight excluding hydrogens is 709 g/mol. The summed E-state index contributed by atoms with van der Waals surface area (Å²) in [6.45, 7) is 0. The van der Waals surface area contributed by atoms with E-state index in [1.165, 1.54) is 21.5 Å². The van der Waals surface area contributed by atoms with Gasteiger partial charge in [-0.25, -0.2) is 15.0 Å². The van der Waals surface area contributed by atoms with Gasteiger partial charge in [-0.2, -0.15) is 0 Å². The van der Waals surface area contributed by atoms with E-state index < -0.39 is 0 Å². The van der Waals surface area contributed by atoms with E-state index in [0.29, 0.717) is 17.5 Å². The monoisotopic (exact) mass is 742 g/mol. The standard InChI is InChI=1S/C53H34N4O/c1-3-15-38(16-4-1)51-54-52(39-17-5-2-6-18-39)56-53(55-51)41-27-31-45-46-33-40(28-32-49(46)58-50(45)34-41)35-25-29-42(30-26-35)57(47-23-11-19-36-13-7-9-21-43(36)47)48-24-12-20-37-14-8-10-22-44(37)48/h1-34H. The third-order valence-corrected chi connectivity index (χ3v) is 10.9. The Morgan fingerprint density at radius 3 is 1.41 bits per heavy atom. The molecule has 11 rings (SSSR count). The Hall–Kier alpha value is -7.89. The summed E-state index contributed by atoms with van der Waals surface area (Å²) in [6.07, 6.45) is 0. The van der Waals surface area contributed by atoms with Gasteiger partial charge in [-0.15, -0.1) is 0 Å². The van der Waals surface area contributed by atoms with Gasteiger partial charge in [0.15, 0.2) is 17.5 Å². The van der Waals surface area contributed by atoms with Crippen molar-refractivity contribution < 1.29 is 4.42 Å². The molecule has 272 valence electrons. The number of rotatable bonds is 7. The number of hydrogen-bond donors (Lipinski definition) is 0. The lowest BCUT2D eigenvalue weighted by molar-refractivity contribution is 0.669. The van der Waals surface area contributed by atoms with E-state index in [2.05, 4.69) is 144 Å². The zero-order valence-corrected chi connectivity index (χ0v) is 31.3. The van der Waals surface area contributed by atoms with Crippen LogP contribution in [-0.4, -0.2) is 15.0 Å². The van der Waals surface area contributed by atoms with Gasteiger partial charge in [0.2, 0.25) is 0 Å². The molecule has 0 aliphatic carbocycles. The third-order valence-electron chi connectivity index (χ3n) is 10.9. The summed E-state index contributed by atoms with van der Waals surface area (Å²) in [5.41, 5.74) is 9.94. The van der Waals surface area contributed by atoms with Crippen LogP contribution in [0.5, 0.6) is 0 Å². The van der Waals surface area contributed by atoms with Crippen molar-refractivity contribution in [2.75, 3.05) is 4.90 Å². The third kappa shape index (κ3) is 5.94. The number of nitrogens with zero attached hydrogens (tertiary/aromatic N) is 4. The predicted molar refractivity (Wildman–Crippen MR) is 239 cm³/mol. The summed E-state index contributed by atoms with van der Waals surface area (Å²) >= 11 is 0. The van der Waals surface area contributed by atoms with Gasteiger partial charge in [-0.3, -0.25) is 0 Å². The number of aromatic nitrogens is 3. The zero-order chi connectivity index (χ0) is 38.4. The molecule has 0 N–H and O–H groups in total. The first kappa shape index (κ1) is 33.4. The van der Waals surface area contributed by atoms with E-state index in [1.54, 1.807) is 0 Å². The van der Waals surface area contributed by atoms with Crippen molar-refractivity contribution >= 4 is 60.5 Å². The molecule has 0 atom stereocenters. The van der Waals surface area contributed by atoms with E-state index in [9.17, 15) is 0 Å². The van der Waals surface area contributed by atoms with E-state index in [-0.39, 0.29) is 0 Å². The fourth-order valence-corrected chi connectivity index (χ4v) is 8.05. The van der Waals surface area contributed by atoms with Crippen molar-refractivity contribution in [2.45, 2.75) is 0 Å². The van der Waals surface area contributed by atoms with E-state index in [4.69, 9.17) is 19.4 Å². The Bertz CT molecular complexity index is 3140. The Kier molecular flexibility index (Phi) is 8.07. The highest BCUT2D eigenvalue weighted by molar-refractivity contribution is 6.08. The highest BCUT2D eigenvalue weighted by atomic mass is 16.3. The van der Waals surface area contributed by atoms with Gasteiger partial charge < -0.3 is 9.32 Å². The van der Waals surface area contributed by atoms with Crippen LogP contribution in [0.1, 0.15) is 0 Å². The molecule has 2 aromatic heterocycles. The Morgan fingerprint density at radius 2 is 0.810 bits per heavy atom. The van der Waals surface area contributed by atoms with Crippen LogP contribution in [0.4, 0.5) is 17.1 Å². The fourth-order valence-electron chi connectivity index (χ4n) is 8.05. The zero-order valence-electron chi connectivity index (χ0n) is 31.3. The number of benzene rings is 9. The van der Waals surface area contributed by atoms with Crippen molar-refractivity contribution in [1.29, 1.82) is 0 Å². The minimum absolute atomic E-state index is 0.594. The van der Waals surface area contributed by atoms with Gasteiger partial charge in [-0.05, 0) is 70.4 Å². The van der Waals surface area contributed by atoms with Crippen molar-refractivity contribution in [2.24, 2.45) is 0 Å². The van der Waals surface area contributed by atoms with Crippen LogP contribution in [0.3, 0.4) is 0 Å². The molecule has 2 heterocycles. The fraction of sp³-hybridized carbons (Fsp3) is 0. The van der Waals surface area contributed by atoms with Crippen LogP contribution in [-0.2, 0) is 0 Å². The largest absolute Gasteiger partial charge is 0.456 e. The first-order valence-electron chi connectivity index (χ1n) is 19.4. The van der Waals surface area contributed by atoms with E-state index in [1.807, 2.05) is 66.7 Å². The molecule has 5 nitrogen and oxygen atoms in total. The summed E-state index contributed by atoms with van der Waals surface area (Å²) in [4.78, 5) is 17.1. The van der Waals surface area contributed by atoms with Crippen molar-refractivity contribution in [3.8, 4) is 45.3 Å². The topological polar surface area (TPSA) is 55.1 Å². The molecule has 0 radical (unpaired) electrons. The van der Waals surface area contributed by atoms with Crippen LogP contribution in [0.2, 0.25) is 0 Å². The van der Waals surface area contributed by atoms with Gasteiger partial charge in [0.1, 0.15) is 11.2 Å². The number of anilines is 3. The maximum absolute atomic E-state index is 6.48. The quantitative estimate of drug-likeness (QED) is 0.163. The maximum Gasteiger partial charge on any atom is 0.164 e. The van der Waals surface area contributed by atoms with Crippen LogP contribution in [0.25, 0.3) is 88.8 Å². The summed E-state index contributed by atoms with van der Waals surface area (Å²) < 4.78 is 6.48. The van der Waals surface area contributed by atoms with Crippen LogP contribution < -0.4 is 4.90 Å². The average molecular weight is 743 g/mol. The highest BCUT2D eigenvalue weighted by Crippen LogP contribution is 2.43. The lowest BCUT2D eigenvalue weighted by Gasteiger charge is -2.28. The second-order valence-electron chi connectivity index (χ2n) is 14.4. The summed E-state index contributed by atoms with van der Waals surface area (Å²) in [5.74, 6) is 1.85. The molecule has 0 aliphatic rings. The minimum Gasteiger partial charge on any atom is -0.456 e. The molecule has 0 saturated carbocycles. The molecule has 0 unspecified atom stereocenters. The molecule has 9 aromatic carbocycles. The van der Waals surface area contributed by atoms with Gasteiger partial charge in [-0.1, -0.05) is 158 Å². The number of fused-ring (bicyclic) bond motifs is 5. The predicted octanol–water partition coefficient (Wildman–Crippen LogP) is 14.2. The Morgan fingerprint density at radius 1 is 0.310 bits per heavy atom. The number of hydrogen-bond acceptors (Lipinski definition) is 5. The molecule has 11 aromatic rings. The van der Waals surface area contributed by atoms with E-state index in [0.717, 1.165) is 66.8 Å². The molecule has 0 bridgehead atoms. The normalized spacial score (nSPS) is 11.4. The maximum atomic E-state index is 6.48. The molecule has 0 spiro atoms. The van der Waals surface area contributed by atoms with Gasteiger partial charge >= 0.3 is 0 Å².